The van der Waals surface area contributed by atoms with Crippen molar-refractivity contribution < 1.29 is 5.11 Å². The van der Waals surface area contributed by atoms with Gasteiger partial charge in [-0.2, -0.15) is 0 Å². The van der Waals surface area contributed by atoms with Gasteiger partial charge in [0.25, 0.3) is 0 Å². The fourth-order valence-corrected chi connectivity index (χ4v) is 1.89. The number of hydrogen-bond donors (Lipinski definition) is 2. The van der Waals surface area contributed by atoms with Crippen LogP contribution in [0.1, 0.15) is 17.8 Å². The first kappa shape index (κ1) is 8.16. The average Bonchev–Trinajstić information content (AvgIpc) is 2.47. The van der Waals surface area contributed by atoms with Crippen LogP contribution in [0, 0.1) is 0 Å². The third kappa shape index (κ3) is 1.83. The lowest BCUT2D eigenvalue weighted by molar-refractivity contribution is 0.0619. The van der Waals surface area contributed by atoms with Crippen LogP contribution in [0.3, 0.4) is 0 Å². The Morgan fingerprint density at radius 1 is 1.67 bits per heavy atom. The summed E-state index contributed by atoms with van der Waals surface area (Å²) in [5, 5.41) is 15.5. The number of thiazole rings is 1. The van der Waals surface area contributed by atoms with E-state index < -0.39 is 0 Å². The van der Waals surface area contributed by atoms with Crippen molar-refractivity contribution in [2.45, 2.75) is 31.5 Å². The largest absolute Gasteiger partial charge is 0.393 e. The van der Waals surface area contributed by atoms with Crippen molar-refractivity contribution in [1.29, 1.82) is 0 Å². The highest BCUT2D eigenvalue weighted by Crippen LogP contribution is 2.19. The van der Waals surface area contributed by atoms with Crippen LogP contribution < -0.4 is 5.32 Å². The molecule has 0 aliphatic heterocycles. The molecule has 0 unspecified atom stereocenters. The fraction of sp³-hybridized carbons (Fsp3) is 0.625. The summed E-state index contributed by atoms with van der Waals surface area (Å²) in [5.74, 6) is 0. The molecule has 0 radical (unpaired) electrons. The Kier molecular flexibility index (Phi) is 2.39. The molecule has 1 aliphatic rings. The number of aliphatic hydroxyl groups is 1. The second-order valence-corrected chi connectivity index (χ2v) is 4.11. The van der Waals surface area contributed by atoms with Gasteiger partial charge in [0.15, 0.2) is 0 Å². The van der Waals surface area contributed by atoms with E-state index in [4.69, 9.17) is 5.11 Å². The van der Waals surface area contributed by atoms with Gasteiger partial charge in [0.1, 0.15) is 5.01 Å². The predicted molar refractivity (Wildman–Crippen MR) is 48.0 cm³/mol. The summed E-state index contributed by atoms with van der Waals surface area (Å²) in [6.45, 7) is 0.842. The normalized spacial score (nSPS) is 28.4. The first-order chi connectivity index (χ1) is 5.84. The zero-order chi connectivity index (χ0) is 8.39. The smallest absolute Gasteiger partial charge is 0.106 e. The maximum atomic E-state index is 9.02. The maximum absolute atomic E-state index is 9.02. The third-order valence-electron chi connectivity index (χ3n) is 2.14. The Morgan fingerprint density at radius 2 is 2.50 bits per heavy atom. The van der Waals surface area contributed by atoms with Gasteiger partial charge in [-0.25, -0.2) is 4.98 Å². The molecule has 1 heterocycles. The summed E-state index contributed by atoms with van der Waals surface area (Å²) in [7, 11) is 0. The van der Waals surface area contributed by atoms with Crippen LogP contribution in [0.5, 0.6) is 0 Å². The van der Waals surface area contributed by atoms with Crippen molar-refractivity contribution in [2.75, 3.05) is 0 Å². The molecular formula is C8H12N2OS. The fourth-order valence-electron chi connectivity index (χ4n) is 1.33. The molecule has 1 aliphatic carbocycles. The summed E-state index contributed by atoms with van der Waals surface area (Å²) in [5.41, 5.74) is 0. The quantitative estimate of drug-likeness (QED) is 0.729. The first-order valence-corrected chi connectivity index (χ1v) is 5.02. The zero-order valence-corrected chi connectivity index (χ0v) is 7.55. The number of nitrogens with zero attached hydrogens (tertiary/aromatic N) is 1. The van der Waals surface area contributed by atoms with E-state index in [0.29, 0.717) is 6.04 Å². The molecule has 0 atom stereocenters. The van der Waals surface area contributed by atoms with Crippen molar-refractivity contribution in [2.24, 2.45) is 0 Å². The lowest BCUT2D eigenvalue weighted by atomic mass is 9.90. The summed E-state index contributed by atoms with van der Waals surface area (Å²) >= 11 is 1.66. The summed E-state index contributed by atoms with van der Waals surface area (Å²) in [4.78, 5) is 4.16. The van der Waals surface area contributed by atoms with E-state index in [9.17, 15) is 0 Å². The molecule has 1 aromatic heterocycles. The molecule has 0 spiro atoms. The molecule has 0 amide bonds. The number of aliphatic hydroxyl groups excluding tert-OH is 1. The molecule has 2 rings (SSSR count). The van der Waals surface area contributed by atoms with E-state index >= 15 is 0 Å². The third-order valence-corrected chi connectivity index (χ3v) is 2.92. The standard InChI is InChI=1S/C8H12N2OS/c11-7-3-6(4-7)10-5-8-9-1-2-12-8/h1-2,6-7,10-11H,3-5H2. The van der Waals surface area contributed by atoms with Crippen LogP contribution in [-0.2, 0) is 6.54 Å². The molecular weight excluding hydrogens is 172 g/mol. The second kappa shape index (κ2) is 3.51. The average molecular weight is 184 g/mol. The number of rotatable bonds is 3. The minimum Gasteiger partial charge on any atom is -0.393 e. The molecule has 1 aromatic rings. The molecule has 2 N–H and O–H groups in total. The van der Waals surface area contributed by atoms with Gasteiger partial charge >= 0.3 is 0 Å². The highest BCUT2D eigenvalue weighted by molar-refractivity contribution is 7.09. The second-order valence-electron chi connectivity index (χ2n) is 3.13. The number of hydrogen-bond acceptors (Lipinski definition) is 4. The molecule has 0 saturated heterocycles. The van der Waals surface area contributed by atoms with Gasteiger partial charge in [-0.15, -0.1) is 11.3 Å². The lowest BCUT2D eigenvalue weighted by Gasteiger charge is -2.31. The van der Waals surface area contributed by atoms with Crippen molar-refractivity contribution in [3.8, 4) is 0 Å². The van der Waals surface area contributed by atoms with Gasteiger partial charge in [0.2, 0.25) is 0 Å². The highest BCUT2D eigenvalue weighted by atomic mass is 32.1. The molecule has 12 heavy (non-hydrogen) atoms. The van der Waals surface area contributed by atoms with Gasteiger partial charge in [-0.3, -0.25) is 0 Å². The maximum Gasteiger partial charge on any atom is 0.106 e. The highest BCUT2D eigenvalue weighted by Gasteiger charge is 2.26. The van der Waals surface area contributed by atoms with E-state index in [0.717, 1.165) is 24.4 Å². The summed E-state index contributed by atoms with van der Waals surface area (Å²) in [6, 6.07) is 0.504. The Balaban J connectivity index is 1.70. The minimum absolute atomic E-state index is 0.0706. The van der Waals surface area contributed by atoms with Crippen molar-refractivity contribution >= 4 is 11.3 Å². The van der Waals surface area contributed by atoms with E-state index in [1.807, 2.05) is 11.6 Å². The number of nitrogens with one attached hydrogen (secondary N) is 1. The van der Waals surface area contributed by atoms with Crippen molar-refractivity contribution in [1.82, 2.24) is 10.3 Å². The Labute approximate surface area is 75.5 Å². The molecule has 0 aromatic carbocycles. The predicted octanol–water partition coefficient (Wildman–Crippen LogP) is 0.756. The van der Waals surface area contributed by atoms with Crippen LogP contribution >= 0.6 is 11.3 Å². The van der Waals surface area contributed by atoms with Gasteiger partial charge in [-0.1, -0.05) is 0 Å². The van der Waals surface area contributed by atoms with Gasteiger partial charge in [0.05, 0.1) is 6.10 Å². The zero-order valence-electron chi connectivity index (χ0n) is 6.73. The van der Waals surface area contributed by atoms with E-state index in [1.165, 1.54) is 0 Å². The van der Waals surface area contributed by atoms with Crippen LogP contribution in [-0.4, -0.2) is 22.2 Å². The SMILES string of the molecule is OC1CC(NCc2nccs2)C1. The van der Waals surface area contributed by atoms with E-state index in [2.05, 4.69) is 10.3 Å². The minimum atomic E-state index is -0.0706. The van der Waals surface area contributed by atoms with Crippen LogP contribution in [0.4, 0.5) is 0 Å². The van der Waals surface area contributed by atoms with Crippen LogP contribution in [0.25, 0.3) is 0 Å². The van der Waals surface area contributed by atoms with Gasteiger partial charge in [0, 0.05) is 24.2 Å². The van der Waals surface area contributed by atoms with E-state index in [-0.39, 0.29) is 6.10 Å². The summed E-state index contributed by atoms with van der Waals surface area (Å²) < 4.78 is 0. The van der Waals surface area contributed by atoms with E-state index in [1.54, 1.807) is 11.3 Å². The monoisotopic (exact) mass is 184 g/mol. The topological polar surface area (TPSA) is 45.1 Å². The molecule has 4 heteroatoms. The summed E-state index contributed by atoms with van der Waals surface area (Å²) in [6.07, 6.45) is 3.53. The van der Waals surface area contributed by atoms with Gasteiger partial charge < -0.3 is 10.4 Å². The Bertz CT molecular complexity index is 231. The van der Waals surface area contributed by atoms with Crippen LogP contribution in [0.15, 0.2) is 11.6 Å². The number of aromatic nitrogens is 1. The first-order valence-electron chi connectivity index (χ1n) is 4.14. The molecule has 66 valence electrons. The molecule has 1 saturated carbocycles. The van der Waals surface area contributed by atoms with Gasteiger partial charge in [-0.05, 0) is 12.8 Å². The molecule has 0 bridgehead atoms. The lowest BCUT2D eigenvalue weighted by Crippen LogP contribution is -2.43. The molecule has 3 nitrogen and oxygen atoms in total. The Morgan fingerprint density at radius 3 is 3.08 bits per heavy atom. The van der Waals surface area contributed by atoms with Crippen molar-refractivity contribution in [3.63, 3.8) is 0 Å². The Hall–Kier alpha value is -0.450. The van der Waals surface area contributed by atoms with Crippen molar-refractivity contribution in [3.05, 3.63) is 16.6 Å². The molecule has 1 fully saturated rings. The van der Waals surface area contributed by atoms with Crippen LogP contribution in [0.2, 0.25) is 0 Å².